The average molecular weight is 417 g/mol. The molecule has 3 heterocycles. The summed E-state index contributed by atoms with van der Waals surface area (Å²) in [7, 11) is 1.48. The molecule has 0 aliphatic carbocycles. The molecule has 10 heteroatoms. The molecule has 4 rings (SSSR count). The summed E-state index contributed by atoms with van der Waals surface area (Å²) in [6.07, 6.45) is 0. The molecule has 1 N–H and O–H groups in total. The first-order valence-corrected chi connectivity index (χ1v) is 9.40. The molecule has 0 saturated carbocycles. The summed E-state index contributed by atoms with van der Waals surface area (Å²) >= 11 is 0. The number of benzene rings is 1. The zero-order valence-corrected chi connectivity index (χ0v) is 17.1. The van der Waals surface area contributed by atoms with E-state index in [4.69, 9.17) is 4.74 Å². The lowest BCUT2D eigenvalue weighted by Crippen LogP contribution is -2.23. The Morgan fingerprint density at radius 1 is 0.968 bits per heavy atom. The molecule has 4 aromatic rings. The quantitative estimate of drug-likeness (QED) is 0.530. The smallest absolute Gasteiger partial charge is 0.276 e. The number of aryl methyl sites for hydroxylation is 3. The molecule has 0 aliphatic rings. The van der Waals surface area contributed by atoms with Crippen molar-refractivity contribution in [2.24, 2.45) is 7.05 Å². The van der Waals surface area contributed by atoms with Crippen LogP contribution in [0.4, 0.5) is 5.69 Å². The van der Waals surface area contributed by atoms with E-state index in [0.717, 1.165) is 16.1 Å². The number of nitrogens with one attached hydrogen (secondary N) is 1. The van der Waals surface area contributed by atoms with Crippen molar-refractivity contribution in [3.8, 4) is 17.4 Å². The Labute approximate surface area is 177 Å². The summed E-state index contributed by atoms with van der Waals surface area (Å²) in [5.74, 6) is 1.04. The van der Waals surface area contributed by atoms with E-state index in [1.807, 2.05) is 19.9 Å². The maximum Gasteiger partial charge on any atom is 0.276 e. The molecule has 156 valence electrons. The monoisotopic (exact) mass is 417 g/mol. The average Bonchev–Trinajstić information content (AvgIpc) is 3.10. The Morgan fingerprint density at radius 3 is 2.35 bits per heavy atom. The zero-order chi connectivity index (χ0) is 22.0. The topological polar surface area (TPSA) is 117 Å². The third-order valence-electron chi connectivity index (χ3n) is 4.38. The molecular weight excluding hydrogens is 398 g/mol. The minimum Gasteiger partial charge on any atom is -0.438 e. The fourth-order valence-corrected chi connectivity index (χ4v) is 2.89. The Balaban J connectivity index is 1.41. The van der Waals surface area contributed by atoms with Crippen molar-refractivity contribution in [2.75, 3.05) is 5.32 Å². The van der Waals surface area contributed by atoms with Crippen molar-refractivity contribution in [1.82, 2.24) is 29.8 Å². The minimum atomic E-state index is -0.421. The largest absolute Gasteiger partial charge is 0.438 e. The van der Waals surface area contributed by atoms with E-state index in [1.54, 1.807) is 41.1 Å². The predicted molar refractivity (Wildman–Crippen MR) is 113 cm³/mol. The van der Waals surface area contributed by atoms with Gasteiger partial charge in [-0.2, -0.15) is 10.2 Å². The van der Waals surface area contributed by atoms with Gasteiger partial charge >= 0.3 is 0 Å². The number of aromatic nitrogens is 6. The van der Waals surface area contributed by atoms with Gasteiger partial charge in [0.25, 0.3) is 11.5 Å². The Morgan fingerprint density at radius 2 is 1.74 bits per heavy atom. The van der Waals surface area contributed by atoms with Gasteiger partial charge in [-0.15, -0.1) is 10.2 Å². The van der Waals surface area contributed by atoms with Crippen LogP contribution in [0.25, 0.3) is 5.82 Å². The summed E-state index contributed by atoms with van der Waals surface area (Å²) in [4.78, 5) is 23.7. The molecule has 0 bridgehead atoms. The maximum atomic E-state index is 12.3. The third kappa shape index (κ3) is 4.47. The van der Waals surface area contributed by atoms with Gasteiger partial charge in [-0.25, -0.2) is 9.36 Å². The van der Waals surface area contributed by atoms with E-state index in [1.165, 1.54) is 19.2 Å². The lowest BCUT2D eigenvalue weighted by Gasteiger charge is -2.08. The number of hydrogen-bond acceptors (Lipinski definition) is 7. The van der Waals surface area contributed by atoms with Crippen LogP contribution in [0, 0.1) is 13.8 Å². The van der Waals surface area contributed by atoms with Crippen molar-refractivity contribution >= 4 is 11.6 Å². The highest BCUT2D eigenvalue weighted by molar-refractivity contribution is 6.02. The van der Waals surface area contributed by atoms with Gasteiger partial charge in [-0.1, -0.05) is 0 Å². The van der Waals surface area contributed by atoms with Gasteiger partial charge in [0, 0.05) is 30.6 Å². The fourth-order valence-electron chi connectivity index (χ4n) is 2.89. The van der Waals surface area contributed by atoms with Crippen LogP contribution in [-0.4, -0.2) is 35.7 Å². The number of nitrogens with zero attached hydrogens (tertiary/aromatic N) is 6. The number of hydrogen-bond donors (Lipinski definition) is 1. The molecule has 1 amide bonds. The Hall–Kier alpha value is -4.34. The van der Waals surface area contributed by atoms with Crippen molar-refractivity contribution in [2.45, 2.75) is 13.8 Å². The van der Waals surface area contributed by atoms with Crippen LogP contribution in [0.3, 0.4) is 0 Å². The molecule has 0 fully saturated rings. The highest BCUT2D eigenvalue weighted by atomic mass is 16.5. The molecular formula is C21H19N7O3. The molecule has 0 atom stereocenters. The first kappa shape index (κ1) is 20.0. The van der Waals surface area contributed by atoms with Crippen LogP contribution in [0.5, 0.6) is 11.6 Å². The van der Waals surface area contributed by atoms with E-state index in [-0.39, 0.29) is 11.3 Å². The molecule has 10 nitrogen and oxygen atoms in total. The summed E-state index contributed by atoms with van der Waals surface area (Å²) in [6, 6.07) is 14.9. The number of carbonyl (C=O) groups is 1. The van der Waals surface area contributed by atoms with Crippen molar-refractivity contribution < 1.29 is 9.53 Å². The van der Waals surface area contributed by atoms with Gasteiger partial charge < -0.3 is 10.1 Å². The van der Waals surface area contributed by atoms with Gasteiger partial charge in [0.15, 0.2) is 5.82 Å². The molecule has 31 heavy (non-hydrogen) atoms. The van der Waals surface area contributed by atoms with Crippen LogP contribution < -0.4 is 15.6 Å². The second kappa shape index (κ2) is 8.19. The lowest BCUT2D eigenvalue weighted by atomic mass is 10.3. The normalized spacial score (nSPS) is 10.7. The minimum absolute atomic E-state index is 0.139. The molecule has 0 unspecified atom stereocenters. The first-order valence-electron chi connectivity index (χ1n) is 9.40. The highest BCUT2D eigenvalue weighted by Gasteiger charge is 2.10. The van der Waals surface area contributed by atoms with Gasteiger partial charge in [-0.3, -0.25) is 9.59 Å². The van der Waals surface area contributed by atoms with Crippen molar-refractivity contribution in [3.63, 3.8) is 0 Å². The Kier molecular flexibility index (Phi) is 5.27. The SMILES string of the molecule is Cc1cc(C)n(-c2ccc(Oc3ccc(NC(=O)c4ccc(=O)n(C)n4)cc3)nn2)n1. The van der Waals surface area contributed by atoms with Gasteiger partial charge in [0.05, 0.1) is 5.69 Å². The van der Waals surface area contributed by atoms with E-state index in [2.05, 4.69) is 25.7 Å². The summed E-state index contributed by atoms with van der Waals surface area (Å²) < 4.78 is 8.53. The summed E-state index contributed by atoms with van der Waals surface area (Å²) in [5, 5.41) is 19.3. The first-order chi connectivity index (χ1) is 14.9. The Bertz CT molecular complexity index is 1290. The molecule has 3 aromatic heterocycles. The number of rotatable bonds is 5. The van der Waals surface area contributed by atoms with Crippen LogP contribution in [0.1, 0.15) is 21.9 Å². The van der Waals surface area contributed by atoms with E-state index < -0.39 is 5.91 Å². The number of amides is 1. The van der Waals surface area contributed by atoms with Crippen LogP contribution in [0.15, 0.2) is 59.4 Å². The second-order valence-electron chi connectivity index (χ2n) is 6.83. The molecule has 0 spiro atoms. The number of anilines is 1. The predicted octanol–water partition coefficient (Wildman–Crippen LogP) is 2.42. The van der Waals surface area contributed by atoms with Crippen LogP contribution in [-0.2, 0) is 7.05 Å². The van der Waals surface area contributed by atoms with E-state index in [0.29, 0.717) is 23.1 Å². The van der Waals surface area contributed by atoms with E-state index >= 15 is 0 Å². The number of ether oxygens (including phenoxy) is 1. The fraction of sp³-hybridized carbons (Fsp3) is 0.143. The second-order valence-corrected chi connectivity index (χ2v) is 6.83. The van der Waals surface area contributed by atoms with Gasteiger partial charge in [0.1, 0.15) is 11.4 Å². The summed E-state index contributed by atoms with van der Waals surface area (Å²) in [6.45, 7) is 3.86. The van der Waals surface area contributed by atoms with Crippen molar-refractivity contribution in [1.29, 1.82) is 0 Å². The zero-order valence-electron chi connectivity index (χ0n) is 17.1. The number of carbonyl (C=O) groups excluding carboxylic acids is 1. The molecule has 0 saturated heterocycles. The third-order valence-corrected chi connectivity index (χ3v) is 4.38. The molecule has 0 radical (unpaired) electrons. The van der Waals surface area contributed by atoms with Crippen LogP contribution >= 0.6 is 0 Å². The maximum absolute atomic E-state index is 12.3. The van der Waals surface area contributed by atoms with Crippen molar-refractivity contribution in [3.05, 3.63) is 82.0 Å². The van der Waals surface area contributed by atoms with Gasteiger partial charge in [-0.05, 0) is 56.3 Å². The lowest BCUT2D eigenvalue weighted by molar-refractivity contribution is 0.102. The molecule has 1 aromatic carbocycles. The highest BCUT2D eigenvalue weighted by Crippen LogP contribution is 2.22. The summed E-state index contributed by atoms with van der Waals surface area (Å²) in [5.41, 5.74) is 2.27. The standard InChI is InChI=1S/C21H19N7O3/c1-13-12-14(2)28(25-13)18-9-10-19(24-23-18)31-16-6-4-15(5-7-16)22-21(30)17-8-11-20(29)27(3)26-17/h4-12H,1-3H3,(H,22,30). The van der Waals surface area contributed by atoms with Gasteiger partial charge in [0.2, 0.25) is 5.88 Å². The van der Waals surface area contributed by atoms with E-state index in [9.17, 15) is 9.59 Å². The van der Waals surface area contributed by atoms with Crippen LogP contribution in [0.2, 0.25) is 0 Å². The molecule has 0 aliphatic heterocycles.